The number of carbonyl (C=O) groups is 5. The van der Waals surface area contributed by atoms with Gasteiger partial charge in [0, 0.05) is 18.3 Å². The van der Waals surface area contributed by atoms with Gasteiger partial charge in [-0.2, -0.15) is 0 Å². The molecule has 14 heteroatoms. The summed E-state index contributed by atoms with van der Waals surface area (Å²) < 4.78 is 0. The molecule has 0 fully saturated rings. The number of hydrogen-bond donors (Lipinski definition) is 8. The lowest BCUT2D eigenvalue weighted by Crippen LogP contribution is -2.57. The van der Waals surface area contributed by atoms with E-state index in [9.17, 15) is 29.1 Å². The van der Waals surface area contributed by atoms with E-state index in [2.05, 4.69) is 25.9 Å². The van der Waals surface area contributed by atoms with Crippen LogP contribution in [0, 0.1) is 0 Å². The number of nitrogens with zero attached hydrogens (tertiary/aromatic N) is 1. The van der Waals surface area contributed by atoms with Crippen LogP contribution in [0.2, 0.25) is 0 Å². The number of carboxylic acids is 1. The second-order valence-corrected chi connectivity index (χ2v) is 7.55. The van der Waals surface area contributed by atoms with E-state index in [1.807, 2.05) is 0 Å². The highest BCUT2D eigenvalue weighted by molar-refractivity contribution is 5.96. The van der Waals surface area contributed by atoms with Crippen molar-refractivity contribution in [1.29, 1.82) is 0 Å². The molecule has 0 aliphatic heterocycles. The number of aromatic nitrogens is 2. The third-order valence-electron chi connectivity index (χ3n) is 4.63. The van der Waals surface area contributed by atoms with E-state index in [1.54, 1.807) is 0 Å². The SMILES string of the molecule is CC(N)C(=O)NC(CCCCN)C(=O)NC(CC(N)=O)C(=O)NC(Cc1cnc[nH]1)C(=O)O. The molecule has 0 radical (unpaired) electrons. The number of carboxylic acid groups (broad SMARTS) is 1. The molecule has 0 bridgehead atoms. The van der Waals surface area contributed by atoms with Crippen LogP contribution in [0.1, 0.15) is 38.3 Å². The Bertz CT molecular complexity index is 813. The Kier molecular flexibility index (Phi) is 11.5. The Morgan fingerprint density at radius 3 is 2.15 bits per heavy atom. The van der Waals surface area contributed by atoms with Gasteiger partial charge in [-0.25, -0.2) is 9.78 Å². The van der Waals surface area contributed by atoms with E-state index in [0.717, 1.165) is 0 Å². The lowest BCUT2D eigenvalue weighted by Gasteiger charge is -2.24. The van der Waals surface area contributed by atoms with Crippen LogP contribution in [0.4, 0.5) is 0 Å². The smallest absolute Gasteiger partial charge is 0.326 e. The maximum atomic E-state index is 12.8. The standard InChI is InChI=1S/C19H32N8O6/c1-10(21)16(29)25-12(4-2-3-5-20)17(30)26-13(7-15(22)28)18(31)27-14(19(32)33)6-11-8-23-9-24-11/h8-10,12-14H,2-7,20-21H2,1H3,(H2,22,28)(H,23,24)(H,25,29)(H,26,30)(H,27,31)(H,32,33). The first-order valence-corrected chi connectivity index (χ1v) is 10.4. The molecule has 4 amide bonds. The average molecular weight is 469 g/mol. The molecule has 0 spiro atoms. The Morgan fingerprint density at radius 1 is 1.03 bits per heavy atom. The molecule has 184 valence electrons. The van der Waals surface area contributed by atoms with Gasteiger partial charge in [0.05, 0.1) is 18.8 Å². The van der Waals surface area contributed by atoms with Gasteiger partial charge in [-0.3, -0.25) is 19.2 Å². The van der Waals surface area contributed by atoms with Crippen LogP contribution < -0.4 is 33.2 Å². The van der Waals surface area contributed by atoms with Gasteiger partial charge in [-0.05, 0) is 32.7 Å². The van der Waals surface area contributed by atoms with Crippen LogP contribution >= 0.6 is 0 Å². The molecule has 11 N–H and O–H groups in total. The Hall–Kier alpha value is -3.52. The molecule has 1 rings (SSSR count). The minimum absolute atomic E-state index is 0.107. The molecule has 0 saturated heterocycles. The highest BCUT2D eigenvalue weighted by Gasteiger charge is 2.31. The molecule has 0 aliphatic rings. The van der Waals surface area contributed by atoms with Gasteiger partial charge in [-0.1, -0.05) is 0 Å². The molecule has 4 unspecified atom stereocenters. The third kappa shape index (κ3) is 10.1. The van der Waals surface area contributed by atoms with E-state index >= 15 is 0 Å². The summed E-state index contributed by atoms with van der Waals surface area (Å²) in [5.41, 5.74) is 16.7. The lowest BCUT2D eigenvalue weighted by atomic mass is 10.1. The van der Waals surface area contributed by atoms with E-state index in [4.69, 9.17) is 17.2 Å². The van der Waals surface area contributed by atoms with Gasteiger partial charge in [0.25, 0.3) is 0 Å². The summed E-state index contributed by atoms with van der Waals surface area (Å²) in [6.07, 6.45) is 3.38. The van der Waals surface area contributed by atoms with Crippen molar-refractivity contribution < 1.29 is 29.1 Å². The maximum absolute atomic E-state index is 12.8. The third-order valence-corrected chi connectivity index (χ3v) is 4.63. The van der Waals surface area contributed by atoms with Crippen molar-refractivity contribution in [2.45, 2.75) is 63.2 Å². The summed E-state index contributed by atoms with van der Waals surface area (Å²) in [7, 11) is 0. The number of aliphatic carboxylic acids is 1. The zero-order valence-corrected chi connectivity index (χ0v) is 18.4. The van der Waals surface area contributed by atoms with Gasteiger partial charge >= 0.3 is 5.97 Å². The number of hydrogen-bond acceptors (Lipinski definition) is 8. The second-order valence-electron chi connectivity index (χ2n) is 7.55. The molecule has 1 heterocycles. The Balaban J connectivity index is 2.94. The van der Waals surface area contributed by atoms with E-state index in [1.165, 1.54) is 19.4 Å². The van der Waals surface area contributed by atoms with Crippen LogP contribution in [0.15, 0.2) is 12.5 Å². The summed E-state index contributed by atoms with van der Waals surface area (Å²) in [5, 5.41) is 16.6. The van der Waals surface area contributed by atoms with Crippen molar-refractivity contribution in [1.82, 2.24) is 25.9 Å². The maximum Gasteiger partial charge on any atom is 0.326 e. The number of nitrogens with two attached hydrogens (primary N) is 3. The van der Waals surface area contributed by atoms with E-state index < -0.39 is 60.2 Å². The van der Waals surface area contributed by atoms with Crippen LogP contribution in [0.25, 0.3) is 0 Å². The van der Waals surface area contributed by atoms with Gasteiger partial charge in [0.15, 0.2) is 0 Å². The molecule has 0 aliphatic carbocycles. The zero-order chi connectivity index (χ0) is 25.0. The number of amides is 4. The first kappa shape index (κ1) is 27.5. The van der Waals surface area contributed by atoms with Gasteiger partial charge < -0.3 is 43.2 Å². The zero-order valence-electron chi connectivity index (χ0n) is 18.4. The number of nitrogens with one attached hydrogen (secondary N) is 4. The number of H-pyrrole nitrogens is 1. The fraction of sp³-hybridized carbons (Fsp3) is 0.579. The first-order chi connectivity index (χ1) is 15.5. The average Bonchev–Trinajstić information content (AvgIpc) is 3.24. The Morgan fingerprint density at radius 2 is 1.64 bits per heavy atom. The minimum atomic E-state index is -1.46. The van der Waals surface area contributed by atoms with Crippen LogP contribution in [-0.4, -0.2) is 75.4 Å². The number of primary amides is 1. The summed E-state index contributed by atoms with van der Waals surface area (Å²) in [6.45, 7) is 1.83. The molecule has 0 aromatic carbocycles. The first-order valence-electron chi connectivity index (χ1n) is 10.4. The van der Waals surface area contributed by atoms with Crippen molar-refractivity contribution in [3.05, 3.63) is 18.2 Å². The van der Waals surface area contributed by atoms with Crippen molar-refractivity contribution in [3.63, 3.8) is 0 Å². The van der Waals surface area contributed by atoms with E-state index in [0.29, 0.717) is 25.1 Å². The largest absolute Gasteiger partial charge is 0.480 e. The molecule has 0 saturated carbocycles. The van der Waals surface area contributed by atoms with E-state index in [-0.39, 0.29) is 12.8 Å². The summed E-state index contributed by atoms with van der Waals surface area (Å²) in [6, 6.07) is -4.73. The van der Waals surface area contributed by atoms with Crippen molar-refractivity contribution in [3.8, 4) is 0 Å². The summed E-state index contributed by atoms with van der Waals surface area (Å²) >= 11 is 0. The van der Waals surface area contributed by atoms with Crippen LogP contribution in [0.5, 0.6) is 0 Å². The van der Waals surface area contributed by atoms with Crippen LogP contribution in [0.3, 0.4) is 0 Å². The van der Waals surface area contributed by atoms with Crippen molar-refractivity contribution in [2.24, 2.45) is 17.2 Å². The lowest BCUT2D eigenvalue weighted by molar-refractivity contribution is -0.142. The molecule has 33 heavy (non-hydrogen) atoms. The highest BCUT2D eigenvalue weighted by Crippen LogP contribution is 2.05. The number of carbonyl (C=O) groups excluding carboxylic acids is 4. The quantitative estimate of drug-likeness (QED) is 0.121. The molecule has 1 aromatic heterocycles. The predicted molar refractivity (Wildman–Crippen MR) is 116 cm³/mol. The highest BCUT2D eigenvalue weighted by atomic mass is 16.4. The molecular formula is C19H32N8O6. The predicted octanol–water partition coefficient (Wildman–Crippen LogP) is -3.16. The fourth-order valence-electron chi connectivity index (χ4n) is 2.84. The number of aromatic amines is 1. The monoisotopic (exact) mass is 468 g/mol. The number of imidazole rings is 1. The van der Waals surface area contributed by atoms with Crippen molar-refractivity contribution in [2.75, 3.05) is 6.54 Å². The topological polar surface area (TPSA) is 248 Å². The fourth-order valence-corrected chi connectivity index (χ4v) is 2.84. The molecule has 14 nitrogen and oxygen atoms in total. The number of rotatable bonds is 15. The Labute approximate surface area is 190 Å². The normalized spacial score (nSPS) is 14.4. The molecule has 1 aromatic rings. The molecular weight excluding hydrogens is 436 g/mol. The van der Waals surface area contributed by atoms with Gasteiger partial charge in [-0.15, -0.1) is 0 Å². The molecule has 4 atom stereocenters. The summed E-state index contributed by atoms with van der Waals surface area (Å²) in [5.74, 6) is -4.47. The van der Waals surface area contributed by atoms with Gasteiger partial charge in [0.1, 0.15) is 18.1 Å². The van der Waals surface area contributed by atoms with Crippen molar-refractivity contribution >= 4 is 29.6 Å². The summed E-state index contributed by atoms with van der Waals surface area (Å²) in [4.78, 5) is 67.1. The second kappa shape index (κ2) is 13.8. The minimum Gasteiger partial charge on any atom is -0.480 e. The van der Waals surface area contributed by atoms with Crippen LogP contribution in [-0.2, 0) is 30.4 Å². The van der Waals surface area contributed by atoms with Gasteiger partial charge in [0.2, 0.25) is 23.6 Å². The number of unbranched alkanes of at least 4 members (excludes halogenated alkanes) is 1.